The van der Waals surface area contributed by atoms with Crippen LogP contribution in [0.2, 0.25) is 5.02 Å². The predicted molar refractivity (Wildman–Crippen MR) is 84.5 cm³/mol. The second-order valence-corrected chi connectivity index (χ2v) is 6.00. The molecule has 20 heavy (non-hydrogen) atoms. The molecule has 1 aromatic rings. The van der Waals surface area contributed by atoms with Gasteiger partial charge in [0.1, 0.15) is 0 Å². The molecule has 0 amide bonds. The molecule has 1 aliphatic heterocycles. The van der Waals surface area contributed by atoms with Crippen LogP contribution < -0.4 is 5.32 Å². The van der Waals surface area contributed by atoms with E-state index in [-0.39, 0.29) is 6.10 Å². The molecular weight excluding hydrogens is 272 g/mol. The minimum absolute atomic E-state index is 0.260. The molecule has 2 atom stereocenters. The zero-order chi connectivity index (χ0) is 14.4. The number of hydrogen-bond acceptors (Lipinski definition) is 3. The van der Waals surface area contributed by atoms with E-state index in [1.165, 1.54) is 5.56 Å². The second-order valence-electron chi connectivity index (χ2n) is 5.56. The highest BCUT2D eigenvalue weighted by atomic mass is 35.5. The monoisotopic (exact) mass is 296 g/mol. The number of nitrogens with one attached hydrogen (secondary N) is 1. The topological polar surface area (TPSA) is 24.5 Å². The zero-order valence-electron chi connectivity index (χ0n) is 12.4. The first-order valence-corrected chi connectivity index (χ1v) is 7.85. The Morgan fingerprint density at radius 3 is 2.80 bits per heavy atom. The fraction of sp³-hybridized carbons (Fsp3) is 0.625. The SMILES string of the molecule is CCCNC(Cc1ccc(Cl)cc1)C1CN(C)CCO1. The van der Waals surface area contributed by atoms with Gasteiger partial charge in [0.2, 0.25) is 0 Å². The number of halogens is 1. The maximum absolute atomic E-state index is 5.97. The predicted octanol–water partition coefficient (Wildman–Crippen LogP) is 2.58. The van der Waals surface area contributed by atoms with Crippen molar-refractivity contribution >= 4 is 11.6 Å². The summed E-state index contributed by atoms with van der Waals surface area (Å²) in [5.74, 6) is 0. The molecule has 4 heteroatoms. The molecule has 0 aromatic heterocycles. The Hall–Kier alpha value is -0.610. The van der Waals surface area contributed by atoms with Crippen LogP contribution in [0.25, 0.3) is 0 Å². The number of hydrogen-bond donors (Lipinski definition) is 1. The van der Waals surface area contributed by atoms with Crippen molar-refractivity contribution in [1.82, 2.24) is 10.2 Å². The van der Waals surface area contributed by atoms with Crippen molar-refractivity contribution in [1.29, 1.82) is 0 Å². The lowest BCUT2D eigenvalue weighted by atomic mass is 10.00. The lowest BCUT2D eigenvalue weighted by Gasteiger charge is -2.35. The standard InChI is InChI=1S/C16H25ClN2O/c1-3-8-18-15(16-12-19(2)9-10-20-16)11-13-4-6-14(17)7-5-13/h4-7,15-16,18H,3,8-12H2,1-2H3. The molecular formula is C16H25ClN2O. The lowest BCUT2D eigenvalue weighted by molar-refractivity contribution is -0.0383. The van der Waals surface area contributed by atoms with Crippen molar-refractivity contribution in [2.24, 2.45) is 0 Å². The van der Waals surface area contributed by atoms with Crippen LogP contribution in [0.4, 0.5) is 0 Å². The van der Waals surface area contributed by atoms with E-state index in [0.29, 0.717) is 6.04 Å². The van der Waals surface area contributed by atoms with E-state index >= 15 is 0 Å². The summed E-state index contributed by atoms with van der Waals surface area (Å²) in [7, 11) is 2.16. The summed E-state index contributed by atoms with van der Waals surface area (Å²) in [6, 6.07) is 8.49. The molecule has 1 N–H and O–H groups in total. The first-order valence-electron chi connectivity index (χ1n) is 7.47. The summed E-state index contributed by atoms with van der Waals surface area (Å²) in [4.78, 5) is 2.34. The van der Waals surface area contributed by atoms with Crippen molar-refractivity contribution in [2.75, 3.05) is 33.3 Å². The number of rotatable bonds is 6. The van der Waals surface area contributed by atoms with Crippen LogP contribution in [0.5, 0.6) is 0 Å². The van der Waals surface area contributed by atoms with Crippen LogP contribution in [0.3, 0.4) is 0 Å². The second kappa shape index (κ2) is 7.99. The van der Waals surface area contributed by atoms with Gasteiger partial charge in [-0.05, 0) is 44.1 Å². The highest BCUT2D eigenvalue weighted by molar-refractivity contribution is 6.30. The molecule has 0 radical (unpaired) electrons. The van der Waals surface area contributed by atoms with Crippen molar-refractivity contribution in [2.45, 2.75) is 31.9 Å². The summed E-state index contributed by atoms with van der Waals surface area (Å²) < 4.78 is 5.97. The zero-order valence-corrected chi connectivity index (χ0v) is 13.2. The van der Waals surface area contributed by atoms with Crippen LogP contribution in [-0.2, 0) is 11.2 Å². The molecule has 1 aromatic carbocycles. The molecule has 2 rings (SSSR count). The Balaban J connectivity index is 2.00. The van der Waals surface area contributed by atoms with Gasteiger partial charge < -0.3 is 15.0 Å². The van der Waals surface area contributed by atoms with E-state index < -0.39 is 0 Å². The fourth-order valence-corrected chi connectivity index (χ4v) is 2.72. The van der Waals surface area contributed by atoms with Gasteiger partial charge in [0.15, 0.2) is 0 Å². The summed E-state index contributed by atoms with van der Waals surface area (Å²) in [5, 5.41) is 4.43. The quantitative estimate of drug-likeness (QED) is 0.873. The van der Waals surface area contributed by atoms with Gasteiger partial charge in [0.25, 0.3) is 0 Å². The molecule has 0 bridgehead atoms. The first kappa shape index (κ1) is 15.8. The molecule has 1 aliphatic rings. The summed E-state index contributed by atoms with van der Waals surface area (Å²) in [5.41, 5.74) is 1.31. The molecule has 0 aliphatic carbocycles. The minimum atomic E-state index is 0.260. The van der Waals surface area contributed by atoms with E-state index in [1.54, 1.807) is 0 Å². The number of ether oxygens (including phenoxy) is 1. The molecule has 2 unspecified atom stereocenters. The van der Waals surface area contributed by atoms with Crippen LogP contribution in [0.1, 0.15) is 18.9 Å². The normalized spacial score (nSPS) is 21.9. The minimum Gasteiger partial charge on any atom is -0.374 e. The van der Waals surface area contributed by atoms with E-state index in [9.17, 15) is 0 Å². The van der Waals surface area contributed by atoms with E-state index in [2.05, 4.69) is 36.3 Å². The molecule has 0 spiro atoms. The van der Waals surface area contributed by atoms with Gasteiger partial charge in [0.05, 0.1) is 12.7 Å². The van der Waals surface area contributed by atoms with E-state index in [0.717, 1.165) is 44.1 Å². The Bertz CT molecular complexity index is 396. The van der Waals surface area contributed by atoms with Crippen molar-refractivity contribution in [3.63, 3.8) is 0 Å². The Morgan fingerprint density at radius 2 is 2.15 bits per heavy atom. The third-order valence-electron chi connectivity index (χ3n) is 3.77. The molecule has 1 fully saturated rings. The number of nitrogens with zero attached hydrogens (tertiary/aromatic N) is 1. The van der Waals surface area contributed by atoms with Crippen LogP contribution in [0.15, 0.2) is 24.3 Å². The molecule has 1 heterocycles. The van der Waals surface area contributed by atoms with Crippen molar-refractivity contribution in [3.8, 4) is 0 Å². The average Bonchev–Trinajstić information content (AvgIpc) is 2.45. The van der Waals surface area contributed by atoms with Crippen LogP contribution >= 0.6 is 11.6 Å². The van der Waals surface area contributed by atoms with Crippen molar-refractivity contribution < 1.29 is 4.74 Å². The number of likely N-dealkylation sites (N-methyl/N-ethyl adjacent to an activating group) is 1. The first-order chi connectivity index (χ1) is 9.69. The Kier molecular flexibility index (Phi) is 6.30. The third kappa shape index (κ3) is 4.74. The molecule has 3 nitrogen and oxygen atoms in total. The average molecular weight is 297 g/mol. The molecule has 1 saturated heterocycles. The molecule has 112 valence electrons. The largest absolute Gasteiger partial charge is 0.374 e. The smallest absolute Gasteiger partial charge is 0.0858 e. The summed E-state index contributed by atoms with van der Waals surface area (Å²) >= 11 is 5.95. The number of morpholine rings is 1. The third-order valence-corrected chi connectivity index (χ3v) is 4.02. The summed E-state index contributed by atoms with van der Waals surface area (Å²) in [6.07, 6.45) is 2.38. The van der Waals surface area contributed by atoms with Gasteiger partial charge in [-0.2, -0.15) is 0 Å². The highest BCUT2D eigenvalue weighted by Gasteiger charge is 2.26. The highest BCUT2D eigenvalue weighted by Crippen LogP contribution is 2.15. The van der Waals surface area contributed by atoms with Crippen LogP contribution in [0, 0.1) is 0 Å². The Morgan fingerprint density at radius 1 is 1.40 bits per heavy atom. The van der Waals surface area contributed by atoms with Gasteiger partial charge in [-0.3, -0.25) is 0 Å². The van der Waals surface area contributed by atoms with Gasteiger partial charge in [-0.15, -0.1) is 0 Å². The maximum Gasteiger partial charge on any atom is 0.0858 e. The Labute approximate surface area is 127 Å². The van der Waals surface area contributed by atoms with Gasteiger partial charge in [-0.1, -0.05) is 30.7 Å². The van der Waals surface area contributed by atoms with Crippen molar-refractivity contribution in [3.05, 3.63) is 34.9 Å². The van der Waals surface area contributed by atoms with Gasteiger partial charge >= 0.3 is 0 Å². The van der Waals surface area contributed by atoms with E-state index in [4.69, 9.17) is 16.3 Å². The van der Waals surface area contributed by atoms with E-state index in [1.807, 2.05) is 12.1 Å². The summed E-state index contributed by atoms with van der Waals surface area (Å²) in [6.45, 7) is 6.07. The lowest BCUT2D eigenvalue weighted by Crippen LogP contribution is -2.52. The number of benzene rings is 1. The van der Waals surface area contributed by atoms with Crippen LogP contribution in [-0.4, -0.2) is 50.3 Å². The maximum atomic E-state index is 5.97. The molecule has 0 saturated carbocycles. The van der Waals surface area contributed by atoms with Gasteiger partial charge in [-0.25, -0.2) is 0 Å². The van der Waals surface area contributed by atoms with Gasteiger partial charge in [0, 0.05) is 24.2 Å². The fourth-order valence-electron chi connectivity index (χ4n) is 2.59.